The summed E-state index contributed by atoms with van der Waals surface area (Å²) in [5.74, 6) is 0.450. The minimum atomic E-state index is -4.41. The van der Waals surface area contributed by atoms with Crippen molar-refractivity contribution in [3.05, 3.63) is 70.3 Å². The lowest BCUT2D eigenvalue weighted by atomic mass is 10.1. The number of aromatic nitrogens is 5. The lowest BCUT2D eigenvalue weighted by molar-refractivity contribution is -0.137. The van der Waals surface area contributed by atoms with Crippen molar-refractivity contribution in [3.63, 3.8) is 0 Å². The number of nitrogens with zero attached hydrogens (tertiary/aromatic N) is 6. The zero-order valence-corrected chi connectivity index (χ0v) is 21.2. The summed E-state index contributed by atoms with van der Waals surface area (Å²) in [5, 5.41) is 11.2. The molecule has 4 aromatic rings. The van der Waals surface area contributed by atoms with Gasteiger partial charge in [0.1, 0.15) is 18.2 Å². The minimum absolute atomic E-state index is 0.155. The van der Waals surface area contributed by atoms with Gasteiger partial charge in [-0.05, 0) is 58.7 Å². The van der Waals surface area contributed by atoms with Gasteiger partial charge in [-0.2, -0.15) is 13.2 Å². The normalized spacial score (nSPS) is 16.2. The molecule has 1 aliphatic heterocycles. The summed E-state index contributed by atoms with van der Waals surface area (Å²) in [6.45, 7) is 3.81. The van der Waals surface area contributed by atoms with Crippen LogP contribution in [0, 0.1) is 6.92 Å². The van der Waals surface area contributed by atoms with Crippen LogP contribution in [-0.4, -0.2) is 56.3 Å². The smallest absolute Gasteiger partial charge is 0.353 e. The fraction of sp³-hybridized carbons (Fsp3) is 0.292. The van der Waals surface area contributed by atoms with Crippen molar-refractivity contribution in [2.75, 3.05) is 24.5 Å². The first kappa shape index (κ1) is 25.1. The molecule has 1 unspecified atom stereocenters. The summed E-state index contributed by atoms with van der Waals surface area (Å²) >= 11 is 3.42. The van der Waals surface area contributed by atoms with Crippen LogP contribution >= 0.6 is 15.9 Å². The van der Waals surface area contributed by atoms with Crippen molar-refractivity contribution in [1.82, 2.24) is 35.4 Å². The van der Waals surface area contributed by atoms with E-state index >= 15 is 0 Å². The SMILES string of the molecule is Cc1cc(CNC(=O)C2CN(c3ncnc4nn(-c5ccc(C(F)(F)F)cc5)cc34)CCN2)ncc1Br. The molecule has 0 spiro atoms. The Morgan fingerprint density at radius 1 is 1.22 bits per heavy atom. The predicted octanol–water partition coefficient (Wildman–Crippen LogP) is 3.39. The predicted molar refractivity (Wildman–Crippen MR) is 134 cm³/mol. The number of halogens is 4. The first-order valence-electron chi connectivity index (χ1n) is 11.4. The molecular weight excluding hydrogens is 553 g/mol. The molecule has 9 nitrogen and oxygen atoms in total. The number of anilines is 1. The van der Waals surface area contributed by atoms with Gasteiger partial charge in [0.2, 0.25) is 5.91 Å². The molecule has 0 bridgehead atoms. The Labute approximate surface area is 218 Å². The van der Waals surface area contributed by atoms with Crippen LogP contribution in [0.5, 0.6) is 0 Å². The van der Waals surface area contributed by atoms with Gasteiger partial charge in [0, 0.05) is 36.5 Å². The Morgan fingerprint density at radius 3 is 2.73 bits per heavy atom. The molecule has 2 N–H and O–H groups in total. The van der Waals surface area contributed by atoms with Crippen LogP contribution in [0.3, 0.4) is 0 Å². The van der Waals surface area contributed by atoms with Crippen molar-refractivity contribution in [3.8, 4) is 5.69 Å². The second-order valence-corrected chi connectivity index (χ2v) is 9.50. The number of carbonyl (C=O) groups excluding carboxylic acids is 1. The van der Waals surface area contributed by atoms with E-state index in [0.29, 0.717) is 48.7 Å². The minimum Gasteiger partial charge on any atom is -0.353 e. The van der Waals surface area contributed by atoms with E-state index in [4.69, 9.17) is 0 Å². The molecule has 1 saturated heterocycles. The molecule has 37 heavy (non-hydrogen) atoms. The number of aryl methyl sites for hydroxylation is 1. The monoisotopic (exact) mass is 574 g/mol. The van der Waals surface area contributed by atoms with Crippen LogP contribution in [0.25, 0.3) is 16.7 Å². The van der Waals surface area contributed by atoms with Crippen LogP contribution in [0.2, 0.25) is 0 Å². The number of benzene rings is 1. The number of rotatable bonds is 5. The number of hydrogen-bond acceptors (Lipinski definition) is 7. The van der Waals surface area contributed by atoms with Crippen LogP contribution in [0.1, 0.15) is 16.8 Å². The number of piperazine rings is 1. The maximum Gasteiger partial charge on any atom is 0.416 e. The molecule has 1 amide bonds. The van der Waals surface area contributed by atoms with E-state index in [9.17, 15) is 18.0 Å². The van der Waals surface area contributed by atoms with Gasteiger partial charge in [0.15, 0.2) is 5.65 Å². The highest BCUT2D eigenvalue weighted by Crippen LogP contribution is 2.30. The van der Waals surface area contributed by atoms with Crippen molar-refractivity contribution < 1.29 is 18.0 Å². The largest absolute Gasteiger partial charge is 0.416 e. The summed E-state index contributed by atoms with van der Waals surface area (Å²) in [4.78, 5) is 27.8. The molecule has 4 heterocycles. The van der Waals surface area contributed by atoms with Gasteiger partial charge in [0.05, 0.1) is 28.9 Å². The average Bonchev–Trinajstić information content (AvgIpc) is 3.33. The van der Waals surface area contributed by atoms with Crippen LogP contribution in [-0.2, 0) is 17.5 Å². The van der Waals surface area contributed by atoms with Gasteiger partial charge in [-0.1, -0.05) is 0 Å². The van der Waals surface area contributed by atoms with E-state index in [-0.39, 0.29) is 5.91 Å². The van der Waals surface area contributed by atoms with E-state index in [1.54, 1.807) is 12.4 Å². The van der Waals surface area contributed by atoms with Crippen molar-refractivity contribution in [2.45, 2.75) is 25.7 Å². The molecule has 5 rings (SSSR count). The summed E-state index contributed by atoms with van der Waals surface area (Å²) in [7, 11) is 0. The van der Waals surface area contributed by atoms with E-state index in [0.717, 1.165) is 27.9 Å². The van der Waals surface area contributed by atoms with E-state index in [2.05, 4.69) is 46.6 Å². The second kappa shape index (κ2) is 10.1. The molecule has 1 aliphatic rings. The van der Waals surface area contributed by atoms with Gasteiger partial charge < -0.3 is 15.5 Å². The molecule has 192 valence electrons. The van der Waals surface area contributed by atoms with Gasteiger partial charge in [-0.25, -0.2) is 14.6 Å². The lowest BCUT2D eigenvalue weighted by Crippen LogP contribution is -2.57. The number of amides is 1. The third-order valence-corrected chi connectivity index (χ3v) is 6.92. The van der Waals surface area contributed by atoms with Crippen LogP contribution < -0.4 is 15.5 Å². The maximum absolute atomic E-state index is 12.9. The third-order valence-electron chi connectivity index (χ3n) is 6.09. The first-order chi connectivity index (χ1) is 17.7. The number of alkyl halides is 3. The molecular formula is C24H22BrF3N8O. The van der Waals surface area contributed by atoms with Gasteiger partial charge >= 0.3 is 6.18 Å². The number of carbonyl (C=O) groups is 1. The molecule has 3 aromatic heterocycles. The average molecular weight is 575 g/mol. The molecule has 13 heteroatoms. The van der Waals surface area contributed by atoms with Crippen molar-refractivity contribution >= 4 is 38.7 Å². The Kier molecular flexibility index (Phi) is 6.82. The molecule has 1 aromatic carbocycles. The fourth-order valence-electron chi connectivity index (χ4n) is 4.13. The topological polar surface area (TPSA) is 101 Å². The Balaban J connectivity index is 1.32. The van der Waals surface area contributed by atoms with Crippen LogP contribution in [0.15, 0.2) is 53.5 Å². The standard InChI is InChI=1S/C24H22BrF3N8O/c1-14-8-16(30-10-19(14)25)9-31-23(37)20-12-35(7-6-29-20)22-18-11-36(34-21(18)32-13-33-22)17-4-2-15(3-5-17)24(26,27)28/h2-5,8,10-11,13,20,29H,6-7,9,12H2,1H3,(H,31,37). The maximum atomic E-state index is 12.9. The summed E-state index contributed by atoms with van der Waals surface area (Å²) in [5.41, 5.74) is 1.93. The first-order valence-corrected chi connectivity index (χ1v) is 12.2. The molecule has 0 radical (unpaired) electrons. The summed E-state index contributed by atoms with van der Waals surface area (Å²) < 4.78 is 41.1. The number of fused-ring (bicyclic) bond motifs is 1. The van der Waals surface area contributed by atoms with Gasteiger partial charge in [-0.15, -0.1) is 5.10 Å². The molecule has 1 atom stereocenters. The van der Waals surface area contributed by atoms with E-state index in [1.807, 2.05) is 17.9 Å². The van der Waals surface area contributed by atoms with Crippen molar-refractivity contribution in [1.29, 1.82) is 0 Å². The third kappa shape index (κ3) is 5.42. The lowest BCUT2D eigenvalue weighted by Gasteiger charge is -2.33. The zero-order chi connectivity index (χ0) is 26.2. The van der Waals surface area contributed by atoms with E-state index < -0.39 is 17.8 Å². The van der Waals surface area contributed by atoms with Crippen LogP contribution in [0.4, 0.5) is 19.0 Å². The Morgan fingerprint density at radius 2 is 2.00 bits per heavy atom. The van der Waals surface area contributed by atoms with Crippen molar-refractivity contribution in [2.24, 2.45) is 0 Å². The Hall–Kier alpha value is -3.58. The molecule has 0 aliphatic carbocycles. The summed E-state index contributed by atoms with van der Waals surface area (Å²) in [6, 6.07) is 6.18. The highest BCUT2D eigenvalue weighted by Gasteiger charge is 2.30. The molecule has 1 fully saturated rings. The Bertz CT molecular complexity index is 1440. The molecule has 0 saturated carbocycles. The fourth-order valence-corrected chi connectivity index (χ4v) is 4.34. The highest BCUT2D eigenvalue weighted by molar-refractivity contribution is 9.10. The number of pyridine rings is 1. The van der Waals surface area contributed by atoms with Gasteiger partial charge in [0.25, 0.3) is 0 Å². The highest BCUT2D eigenvalue weighted by atomic mass is 79.9. The summed E-state index contributed by atoms with van der Waals surface area (Å²) in [6.07, 6.45) is 0.375. The zero-order valence-electron chi connectivity index (χ0n) is 19.6. The van der Waals surface area contributed by atoms with E-state index in [1.165, 1.54) is 23.1 Å². The number of hydrogen-bond donors (Lipinski definition) is 2. The second-order valence-electron chi connectivity index (χ2n) is 8.65. The number of nitrogens with one attached hydrogen (secondary N) is 2. The van der Waals surface area contributed by atoms with Gasteiger partial charge in [-0.3, -0.25) is 9.78 Å². The quantitative estimate of drug-likeness (QED) is 0.377.